The number of aromatic nitrogens is 1. The summed E-state index contributed by atoms with van der Waals surface area (Å²) in [5.74, 6) is -0.239. The van der Waals surface area contributed by atoms with Gasteiger partial charge in [0.1, 0.15) is 0 Å². The van der Waals surface area contributed by atoms with Gasteiger partial charge in [-0.25, -0.2) is 0 Å². The number of pyridine rings is 1. The lowest BCUT2D eigenvalue weighted by atomic mass is 9.92. The molecule has 0 aliphatic carbocycles. The summed E-state index contributed by atoms with van der Waals surface area (Å²) in [6.45, 7) is 6.74. The van der Waals surface area contributed by atoms with Crippen LogP contribution < -0.4 is 0 Å². The Kier molecular flexibility index (Phi) is 5.12. The van der Waals surface area contributed by atoms with E-state index in [1.165, 1.54) is 0 Å². The van der Waals surface area contributed by atoms with Crippen LogP contribution in [0, 0.1) is 0 Å². The predicted molar refractivity (Wildman–Crippen MR) is 78.9 cm³/mol. The van der Waals surface area contributed by atoms with Gasteiger partial charge in [-0.3, -0.25) is 9.78 Å². The van der Waals surface area contributed by atoms with E-state index in [0.717, 1.165) is 37.3 Å². The Morgan fingerprint density at radius 3 is 2.70 bits per heavy atom. The SMILES string of the molecule is CC(C)N1CCC(c2cccc(CCC(=O)O)n2)CC1. The van der Waals surface area contributed by atoms with Gasteiger partial charge in [0.25, 0.3) is 0 Å². The molecule has 0 radical (unpaired) electrons. The largest absolute Gasteiger partial charge is 0.481 e. The highest BCUT2D eigenvalue weighted by molar-refractivity contribution is 5.66. The van der Waals surface area contributed by atoms with Crippen LogP contribution in [0.15, 0.2) is 18.2 Å². The highest BCUT2D eigenvalue weighted by Crippen LogP contribution is 2.27. The maximum absolute atomic E-state index is 10.6. The second-order valence-corrected chi connectivity index (χ2v) is 5.85. The van der Waals surface area contributed by atoms with Crippen LogP contribution in [-0.2, 0) is 11.2 Å². The summed E-state index contributed by atoms with van der Waals surface area (Å²) in [5.41, 5.74) is 2.03. The van der Waals surface area contributed by atoms with Crippen LogP contribution in [0.3, 0.4) is 0 Å². The minimum absolute atomic E-state index is 0.155. The fourth-order valence-electron chi connectivity index (χ4n) is 2.81. The first-order valence-electron chi connectivity index (χ1n) is 7.48. The van der Waals surface area contributed by atoms with E-state index < -0.39 is 5.97 Å². The van der Waals surface area contributed by atoms with Crippen LogP contribution in [0.1, 0.15) is 50.4 Å². The number of aryl methyl sites for hydroxylation is 1. The van der Waals surface area contributed by atoms with E-state index in [1.807, 2.05) is 12.1 Å². The minimum atomic E-state index is -0.762. The Hall–Kier alpha value is -1.42. The molecule has 0 saturated carbocycles. The number of carboxylic acids is 1. The molecule has 4 heteroatoms. The van der Waals surface area contributed by atoms with Gasteiger partial charge in [-0.2, -0.15) is 0 Å². The highest BCUT2D eigenvalue weighted by atomic mass is 16.4. The zero-order chi connectivity index (χ0) is 14.5. The normalized spacial score (nSPS) is 17.6. The average molecular weight is 276 g/mol. The molecule has 1 aromatic heterocycles. The molecule has 1 aliphatic heterocycles. The topological polar surface area (TPSA) is 53.4 Å². The van der Waals surface area contributed by atoms with Gasteiger partial charge in [-0.05, 0) is 51.9 Å². The number of hydrogen-bond acceptors (Lipinski definition) is 3. The first-order chi connectivity index (χ1) is 9.56. The third-order valence-corrected chi connectivity index (χ3v) is 4.10. The third kappa shape index (κ3) is 4.04. The van der Waals surface area contributed by atoms with Crippen molar-refractivity contribution >= 4 is 5.97 Å². The van der Waals surface area contributed by atoms with Crippen LogP contribution in [0.4, 0.5) is 0 Å². The molecule has 0 bridgehead atoms. The molecule has 2 rings (SSSR count). The fraction of sp³-hybridized carbons (Fsp3) is 0.625. The summed E-state index contributed by atoms with van der Waals surface area (Å²) < 4.78 is 0. The number of rotatable bonds is 5. The standard InChI is InChI=1S/C16H24N2O2/c1-12(2)18-10-8-13(9-11-18)15-5-3-4-14(17-15)6-7-16(19)20/h3-5,12-13H,6-11H2,1-2H3,(H,19,20). The van der Waals surface area contributed by atoms with Crippen molar-refractivity contribution in [1.29, 1.82) is 0 Å². The molecule has 110 valence electrons. The lowest BCUT2D eigenvalue weighted by molar-refractivity contribution is -0.136. The number of nitrogens with zero attached hydrogens (tertiary/aromatic N) is 2. The van der Waals surface area contributed by atoms with Gasteiger partial charge >= 0.3 is 5.97 Å². The van der Waals surface area contributed by atoms with Crippen molar-refractivity contribution in [3.8, 4) is 0 Å². The molecule has 0 unspecified atom stereocenters. The summed E-state index contributed by atoms with van der Waals surface area (Å²) in [6.07, 6.45) is 2.97. The number of aliphatic carboxylic acids is 1. The Labute approximate surface area is 120 Å². The van der Waals surface area contributed by atoms with Gasteiger partial charge in [0, 0.05) is 29.8 Å². The maximum atomic E-state index is 10.6. The van der Waals surface area contributed by atoms with Crippen LogP contribution in [0.5, 0.6) is 0 Å². The van der Waals surface area contributed by atoms with E-state index in [1.54, 1.807) is 0 Å². The monoisotopic (exact) mass is 276 g/mol. The van der Waals surface area contributed by atoms with Crippen LogP contribution in [0.25, 0.3) is 0 Å². The van der Waals surface area contributed by atoms with Gasteiger partial charge in [-0.1, -0.05) is 6.07 Å². The average Bonchev–Trinajstić information content (AvgIpc) is 2.45. The highest BCUT2D eigenvalue weighted by Gasteiger charge is 2.22. The van der Waals surface area contributed by atoms with E-state index in [0.29, 0.717) is 18.4 Å². The number of carboxylic acid groups (broad SMARTS) is 1. The fourth-order valence-corrected chi connectivity index (χ4v) is 2.81. The molecule has 4 nitrogen and oxygen atoms in total. The van der Waals surface area contributed by atoms with Crippen molar-refractivity contribution in [3.05, 3.63) is 29.6 Å². The van der Waals surface area contributed by atoms with Crippen molar-refractivity contribution in [2.75, 3.05) is 13.1 Å². The first-order valence-corrected chi connectivity index (χ1v) is 7.48. The van der Waals surface area contributed by atoms with Crippen molar-refractivity contribution in [2.45, 2.75) is 51.5 Å². The van der Waals surface area contributed by atoms with Crippen molar-refractivity contribution in [3.63, 3.8) is 0 Å². The Morgan fingerprint density at radius 2 is 2.10 bits per heavy atom. The Balaban J connectivity index is 1.96. The van der Waals surface area contributed by atoms with E-state index in [4.69, 9.17) is 5.11 Å². The zero-order valence-electron chi connectivity index (χ0n) is 12.4. The molecule has 0 aromatic carbocycles. The van der Waals surface area contributed by atoms with Crippen molar-refractivity contribution in [2.24, 2.45) is 0 Å². The molecule has 20 heavy (non-hydrogen) atoms. The number of carbonyl (C=O) groups is 1. The van der Waals surface area contributed by atoms with Gasteiger partial charge < -0.3 is 10.0 Å². The maximum Gasteiger partial charge on any atom is 0.303 e. The van der Waals surface area contributed by atoms with Gasteiger partial charge in [0.2, 0.25) is 0 Å². The smallest absolute Gasteiger partial charge is 0.303 e. The van der Waals surface area contributed by atoms with Crippen molar-refractivity contribution in [1.82, 2.24) is 9.88 Å². The zero-order valence-corrected chi connectivity index (χ0v) is 12.4. The number of hydrogen-bond donors (Lipinski definition) is 1. The summed E-state index contributed by atoms with van der Waals surface area (Å²) in [6, 6.07) is 6.63. The van der Waals surface area contributed by atoms with E-state index in [-0.39, 0.29) is 6.42 Å². The van der Waals surface area contributed by atoms with E-state index >= 15 is 0 Å². The molecule has 2 heterocycles. The molecule has 0 atom stereocenters. The summed E-state index contributed by atoms with van der Waals surface area (Å²) in [7, 11) is 0. The molecule has 1 aromatic rings. The molecule has 1 aliphatic rings. The number of piperidine rings is 1. The lowest BCUT2D eigenvalue weighted by Gasteiger charge is -2.34. The molecular weight excluding hydrogens is 252 g/mol. The van der Waals surface area contributed by atoms with E-state index in [9.17, 15) is 4.79 Å². The first kappa shape index (κ1) is 15.0. The van der Waals surface area contributed by atoms with Crippen LogP contribution >= 0.6 is 0 Å². The lowest BCUT2D eigenvalue weighted by Crippen LogP contribution is -2.38. The third-order valence-electron chi connectivity index (χ3n) is 4.10. The second-order valence-electron chi connectivity index (χ2n) is 5.85. The Morgan fingerprint density at radius 1 is 1.40 bits per heavy atom. The molecule has 1 fully saturated rings. The Bertz CT molecular complexity index is 452. The quantitative estimate of drug-likeness (QED) is 0.898. The van der Waals surface area contributed by atoms with Gasteiger partial charge in [-0.15, -0.1) is 0 Å². The number of likely N-dealkylation sites (tertiary alicyclic amines) is 1. The molecule has 1 saturated heterocycles. The molecular formula is C16H24N2O2. The van der Waals surface area contributed by atoms with Crippen LogP contribution in [-0.4, -0.2) is 40.1 Å². The summed E-state index contributed by atoms with van der Waals surface area (Å²) in [5, 5.41) is 8.74. The van der Waals surface area contributed by atoms with Gasteiger partial charge in [0.05, 0.1) is 6.42 Å². The minimum Gasteiger partial charge on any atom is -0.481 e. The molecule has 0 spiro atoms. The second kappa shape index (κ2) is 6.84. The van der Waals surface area contributed by atoms with Crippen LogP contribution in [0.2, 0.25) is 0 Å². The summed E-state index contributed by atoms with van der Waals surface area (Å²) >= 11 is 0. The van der Waals surface area contributed by atoms with Crippen molar-refractivity contribution < 1.29 is 9.90 Å². The molecule has 0 amide bonds. The predicted octanol–water partition coefficient (Wildman–Crippen LogP) is 2.69. The molecule has 1 N–H and O–H groups in total. The summed E-state index contributed by atoms with van der Waals surface area (Å²) in [4.78, 5) is 17.8. The van der Waals surface area contributed by atoms with Gasteiger partial charge in [0.15, 0.2) is 0 Å². The van der Waals surface area contributed by atoms with E-state index in [2.05, 4.69) is 29.8 Å².